The normalized spacial score (nSPS) is 12.5. The van der Waals surface area contributed by atoms with E-state index >= 15 is 0 Å². The van der Waals surface area contributed by atoms with Crippen LogP contribution in [-0.4, -0.2) is 22.1 Å². The van der Waals surface area contributed by atoms with E-state index in [9.17, 15) is 4.79 Å². The fraction of sp³-hybridized carbons (Fsp3) is 0.500. The molecular weight excluding hydrogens is 192 g/mol. The summed E-state index contributed by atoms with van der Waals surface area (Å²) >= 11 is 0. The Morgan fingerprint density at radius 1 is 1.60 bits per heavy atom. The first-order valence-electron chi connectivity index (χ1n) is 4.93. The summed E-state index contributed by atoms with van der Waals surface area (Å²) in [6, 6.07) is 2.89. The lowest BCUT2D eigenvalue weighted by atomic mass is 10.0. The van der Waals surface area contributed by atoms with Crippen LogP contribution in [0.25, 0.3) is 0 Å². The van der Waals surface area contributed by atoms with E-state index in [2.05, 4.69) is 15.5 Å². The van der Waals surface area contributed by atoms with Gasteiger partial charge in [0.2, 0.25) is 5.91 Å². The zero-order valence-electron chi connectivity index (χ0n) is 8.97. The molecule has 1 heterocycles. The maximum atomic E-state index is 11.5. The highest BCUT2D eigenvalue weighted by Crippen LogP contribution is 2.05. The first kappa shape index (κ1) is 11.6. The van der Waals surface area contributed by atoms with Gasteiger partial charge in [-0.15, -0.1) is 5.10 Å². The summed E-state index contributed by atoms with van der Waals surface area (Å²) in [4.78, 5) is 11.5. The lowest BCUT2D eigenvalue weighted by Gasteiger charge is -2.13. The summed E-state index contributed by atoms with van der Waals surface area (Å²) in [6.07, 6.45) is 2.20. The molecule has 0 saturated carbocycles. The molecular formula is C10H16N4O. The number of anilines is 1. The number of nitrogens with one attached hydrogen (secondary N) is 1. The van der Waals surface area contributed by atoms with Gasteiger partial charge in [-0.25, -0.2) is 0 Å². The third-order valence-corrected chi connectivity index (χ3v) is 1.89. The Hall–Kier alpha value is -1.49. The van der Waals surface area contributed by atoms with Crippen LogP contribution in [0.3, 0.4) is 0 Å². The van der Waals surface area contributed by atoms with E-state index in [1.165, 1.54) is 0 Å². The van der Waals surface area contributed by atoms with Gasteiger partial charge in [-0.05, 0) is 24.5 Å². The smallest absolute Gasteiger partial charge is 0.242 e. The van der Waals surface area contributed by atoms with E-state index in [4.69, 9.17) is 5.73 Å². The second-order valence-electron chi connectivity index (χ2n) is 3.83. The minimum Gasteiger partial charge on any atom is -0.320 e. The van der Waals surface area contributed by atoms with Crippen molar-refractivity contribution in [3.8, 4) is 0 Å². The van der Waals surface area contributed by atoms with Gasteiger partial charge in [0, 0.05) is 6.20 Å². The molecule has 5 nitrogen and oxygen atoms in total. The lowest BCUT2D eigenvalue weighted by Crippen LogP contribution is -2.36. The molecule has 0 fully saturated rings. The second kappa shape index (κ2) is 5.41. The molecule has 1 amide bonds. The van der Waals surface area contributed by atoms with Gasteiger partial charge in [0.1, 0.15) is 0 Å². The van der Waals surface area contributed by atoms with E-state index in [-0.39, 0.29) is 5.91 Å². The fourth-order valence-electron chi connectivity index (χ4n) is 1.20. The number of nitrogens with zero attached hydrogens (tertiary/aromatic N) is 2. The molecule has 0 bridgehead atoms. The van der Waals surface area contributed by atoms with Crippen LogP contribution in [0.15, 0.2) is 18.3 Å². The quantitative estimate of drug-likeness (QED) is 0.766. The number of rotatable bonds is 4. The lowest BCUT2D eigenvalue weighted by molar-refractivity contribution is -0.117. The number of nitrogens with two attached hydrogens (primary N) is 1. The molecule has 3 N–H and O–H groups in total. The van der Waals surface area contributed by atoms with Crippen molar-refractivity contribution in [3.63, 3.8) is 0 Å². The molecule has 0 aromatic carbocycles. The van der Waals surface area contributed by atoms with Gasteiger partial charge in [-0.2, -0.15) is 5.10 Å². The Labute approximate surface area is 89.1 Å². The van der Waals surface area contributed by atoms with Crippen molar-refractivity contribution in [2.75, 3.05) is 5.32 Å². The monoisotopic (exact) mass is 208 g/mol. The molecule has 1 aromatic heterocycles. The molecule has 82 valence electrons. The molecule has 0 spiro atoms. The van der Waals surface area contributed by atoms with Gasteiger partial charge in [0.15, 0.2) is 5.82 Å². The van der Waals surface area contributed by atoms with Crippen LogP contribution in [0.2, 0.25) is 0 Å². The maximum absolute atomic E-state index is 11.5. The van der Waals surface area contributed by atoms with Gasteiger partial charge in [0.05, 0.1) is 6.04 Å². The summed E-state index contributed by atoms with van der Waals surface area (Å²) in [5, 5.41) is 10.0. The van der Waals surface area contributed by atoms with Crippen LogP contribution >= 0.6 is 0 Å². The first-order chi connectivity index (χ1) is 7.09. The predicted octanol–water partition coefficient (Wildman–Crippen LogP) is 0.788. The highest BCUT2D eigenvalue weighted by atomic mass is 16.2. The van der Waals surface area contributed by atoms with Crippen LogP contribution in [0.4, 0.5) is 5.82 Å². The summed E-state index contributed by atoms with van der Waals surface area (Å²) in [5.74, 6) is 0.610. The average Bonchev–Trinajstić information content (AvgIpc) is 2.18. The van der Waals surface area contributed by atoms with Crippen LogP contribution in [0, 0.1) is 5.92 Å². The van der Waals surface area contributed by atoms with Gasteiger partial charge in [-0.3, -0.25) is 4.79 Å². The van der Waals surface area contributed by atoms with E-state index in [0.717, 1.165) is 0 Å². The third kappa shape index (κ3) is 4.03. The summed E-state index contributed by atoms with van der Waals surface area (Å²) < 4.78 is 0. The Morgan fingerprint density at radius 3 is 2.87 bits per heavy atom. The number of carbonyl (C=O) groups excluding carboxylic acids is 1. The predicted molar refractivity (Wildman–Crippen MR) is 58.1 cm³/mol. The molecule has 5 heteroatoms. The van der Waals surface area contributed by atoms with Gasteiger partial charge >= 0.3 is 0 Å². The van der Waals surface area contributed by atoms with Gasteiger partial charge in [0.25, 0.3) is 0 Å². The SMILES string of the molecule is CC(C)C[C@@H](N)C(=O)Nc1cccnn1. The average molecular weight is 208 g/mol. The zero-order valence-corrected chi connectivity index (χ0v) is 8.97. The fourth-order valence-corrected chi connectivity index (χ4v) is 1.20. The number of amides is 1. The van der Waals surface area contributed by atoms with Crippen molar-refractivity contribution in [3.05, 3.63) is 18.3 Å². The molecule has 0 aliphatic rings. The van der Waals surface area contributed by atoms with Crippen molar-refractivity contribution in [2.24, 2.45) is 11.7 Å². The first-order valence-corrected chi connectivity index (χ1v) is 4.93. The molecule has 0 radical (unpaired) electrons. The van der Waals surface area contributed by atoms with Crippen molar-refractivity contribution in [2.45, 2.75) is 26.3 Å². The van der Waals surface area contributed by atoms with E-state index < -0.39 is 6.04 Å². The molecule has 15 heavy (non-hydrogen) atoms. The zero-order chi connectivity index (χ0) is 11.3. The van der Waals surface area contributed by atoms with Crippen LogP contribution in [0.1, 0.15) is 20.3 Å². The van der Waals surface area contributed by atoms with Gasteiger partial charge < -0.3 is 11.1 Å². The van der Waals surface area contributed by atoms with Crippen molar-refractivity contribution in [1.82, 2.24) is 10.2 Å². The van der Waals surface area contributed by atoms with E-state index in [1.807, 2.05) is 13.8 Å². The molecule has 0 aliphatic heterocycles. The standard InChI is InChI=1S/C10H16N4O/c1-7(2)6-8(11)10(15)13-9-4-3-5-12-14-9/h3-5,7-8H,6,11H2,1-2H3,(H,13,14,15)/t8-/m1/s1. The Morgan fingerprint density at radius 2 is 2.33 bits per heavy atom. The molecule has 0 saturated heterocycles. The van der Waals surface area contributed by atoms with E-state index in [0.29, 0.717) is 18.2 Å². The largest absolute Gasteiger partial charge is 0.320 e. The van der Waals surface area contributed by atoms with Crippen LogP contribution in [-0.2, 0) is 4.79 Å². The number of aromatic nitrogens is 2. The number of hydrogen-bond donors (Lipinski definition) is 2. The van der Waals surface area contributed by atoms with Crippen LogP contribution < -0.4 is 11.1 Å². The topological polar surface area (TPSA) is 80.9 Å². The Kier molecular flexibility index (Phi) is 4.17. The number of carbonyl (C=O) groups is 1. The molecule has 1 aromatic rings. The third-order valence-electron chi connectivity index (χ3n) is 1.89. The van der Waals surface area contributed by atoms with Crippen molar-refractivity contribution >= 4 is 11.7 Å². The maximum Gasteiger partial charge on any atom is 0.242 e. The second-order valence-corrected chi connectivity index (χ2v) is 3.83. The molecule has 0 unspecified atom stereocenters. The molecule has 1 atom stereocenters. The molecule has 0 aliphatic carbocycles. The summed E-state index contributed by atoms with van der Waals surface area (Å²) in [5.41, 5.74) is 5.71. The minimum absolute atomic E-state index is 0.218. The minimum atomic E-state index is -0.494. The van der Waals surface area contributed by atoms with Crippen molar-refractivity contribution in [1.29, 1.82) is 0 Å². The highest BCUT2D eigenvalue weighted by molar-refractivity contribution is 5.93. The highest BCUT2D eigenvalue weighted by Gasteiger charge is 2.15. The summed E-state index contributed by atoms with van der Waals surface area (Å²) in [6.45, 7) is 4.05. The van der Waals surface area contributed by atoms with Crippen LogP contribution in [0.5, 0.6) is 0 Å². The summed E-state index contributed by atoms with van der Waals surface area (Å²) in [7, 11) is 0. The Balaban J connectivity index is 2.49. The van der Waals surface area contributed by atoms with Crippen molar-refractivity contribution < 1.29 is 4.79 Å². The number of hydrogen-bond acceptors (Lipinski definition) is 4. The Bertz CT molecular complexity index is 312. The molecule has 1 rings (SSSR count). The van der Waals surface area contributed by atoms with E-state index in [1.54, 1.807) is 18.3 Å². The van der Waals surface area contributed by atoms with Gasteiger partial charge in [-0.1, -0.05) is 13.8 Å².